The SMILES string of the molecule is C[C@@H](O)[C@H](O)OCc1ccccc1. The van der Waals surface area contributed by atoms with Crippen LogP contribution in [0.5, 0.6) is 0 Å². The summed E-state index contributed by atoms with van der Waals surface area (Å²) in [5.41, 5.74) is 0.974. The van der Waals surface area contributed by atoms with Gasteiger partial charge in [-0.1, -0.05) is 30.3 Å². The predicted octanol–water partition coefficient (Wildman–Crippen LogP) is 0.902. The van der Waals surface area contributed by atoms with Gasteiger partial charge in [0.2, 0.25) is 0 Å². The van der Waals surface area contributed by atoms with Gasteiger partial charge in [0, 0.05) is 0 Å². The Bertz CT molecular complexity index is 233. The Morgan fingerprint density at radius 1 is 1.23 bits per heavy atom. The highest BCUT2D eigenvalue weighted by Crippen LogP contribution is 2.03. The summed E-state index contributed by atoms with van der Waals surface area (Å²) < 4.78 is 5.00. The second-order valence-corrected chi connectivity index (χ2v) is 2.93. The molecule has 0 aliphatic rings. The molecule has 0 aliphatic heterocycles. The van der Waals surface area contributed by atoms with Gasteiger partial charge in [-0.15, -0.1) is 0 Å². The van der Waals surface area contributed by atoms with Crippen molar-refractivity contribution in [1.82, 2.24) is 0 Å². The third-order valence-corrected chi connectivity index (χ3v) is 1.68. The summed E-state index contributed by atoms with van der Waals surface area (Å²) in [5.74, 6) is 0. The van der Waals surface area contributed by atoms with Crippen molar-refractivity contribution in [2.75, 3.05) is 0 Å². The zero-order chi connectivity index (χ0) is 9.68. The third kappa shape index (κ3) is 3.55. The van der Waals surface area contributed by atoms with Gasteiger partial charge in [0.15, 0.2) is 6.29 Å². The average molecular weight is 182 g/mol. The first-order chi connectivity index (χ1) is 6.20. The number of hydrogen-bond acceptors (Lipinski definition) is 3. The van der Waals surface area contributed by atoms with Crippen LogP contribution >= 0.6 is 0 Å². The highest BCUT2D eigenvalue weighted by molar-refractivity contribution is 5.13. The van der Waals surface area contributed by atoms with Crippen LogP contribution in [0.3, 0.4) is 0 Å². The van der Waals surface area contributed by atoms with E-state index in [0.717, 1.165) is 5.56 Å². The lowest BCUT2D eigenvalue weighted by molar-refractivity contribution is -0.162. The number of aliphatic hydroxyl groups is 2. The van der Waals surface area contributed by atoms with E-state index in [0.29, 0.717) is 6.61 Å². The van der Waals surface area contributed by atoms with Gasteiger partial charge in [0.25, 0.3) is 0 Å². The van der Waals surface area contributed by atoms with Crippen molar-refractivity contribution in [3.63, 3.8) is 0 Å². The fraction of sp³-hybridized carbons (Fsp3) is 0.400. The average Bonchev–Trinajstić information content (AvgIpc) is 2.15. The molecule has 0 saturated heterocycles. The van der Waals surface area contributed by atoms with Crippen molar-refractivity contribution in [2.45, 2.75) is 25.9 Å². The van der Waals surface area contributed by atoms with Gasteiger partial charge in [-0.2, -0.15) is 0 Å². The quantitative estimate of drug-likeness (QED) is 0.680. The van der Waals surface area contributed by atoms with Gasteiger partial charge in [0.1, 0.15) is 6.10 Å². The Balaban J connectivity index is 2.35. The van der Waals surface area contributed by atoms with Crippen molar-refractivity contribution < 1.29 is 14.9 Å². The van der Waals surface area contributed by atoms with E-state index in [1.54, 1.807) is 0 Å². The minimum Gasteiger partial charge on any atom is -0.388 e. The second-order valence-electron chi connectivity index (χ2n) is 2.93. The Labute approximate surface area is 77.6 Å². The first-order valence-electron chi connectivity index (χ1n) is 4.22. The maximum absolute atomic E-state index is 9.12. The van der Waals surface area contributed by atoms with E-state index in [1.165, 1.54) is 6.92 Å². The van der Waals surface area contributed by atoms with Gasteiger partial charge in [-0.05, 0) is 12.5 Å². The Kier molecular flexibility index (Phi) is 3.89. The molecule has 2 atom stereocenters. The van der Waals surface area contributed by atoms with Crippen LogP contribution in [0.25, 0.3) is 0 Å². The molecule has 0 unspecified atom stereocenters. The van der Waals surface area contributed by atoms with E-state index >= 15 is 0 Å². The van der Waals surface area contributed by atoms with E-state index in [9.17, 15) is 0 Å². The van der Waals surface area contributed by atoms with E-state index < -0.39 is 12.4 Å². The molecular weight excluding hydrogens is 168 g/mol. The molecule has 3 heteroatoms. The molecular formula is C10H14O3. The summed E-state index contributed by atoms with van der Waals surface area (Å²) in [5, 5.41) is 18.0. The minimum absolute atomic E-state index is 0.312. The summed E-state index contributed by atoms with van der Waals surface area (Å²) in [6, 6.07) is 9.50. The molecule has 1 aromatic rings. The molecule has 0 aliphatic carbocycles. The van der Waals surface area contributed by atoms with Crippen LogP contribution in [-0.4, -0.2) is 22.6 Å². The zero-order valence-electron chi connectivity index (χ0n) is 7.55. The lowest BCUT2D eigenvalue weighted by Gasteiger charge is -2.14. The summed E-state index contributed by atoms with van der Waals surface area (Å²) >= 11 is 0. The molecule has 0 amide bonds. The van der Waals surface area contributed by atoms with Gasteiger partial charge in [0.05, 0.1) is 6.61 Å². The molecule has 3 nitrogen and oxygen atoms in total. The van der Waals surface area contributed by atoms with Crippen LogP contribution < -0.4 is 0 Å². The van der Waals surface area contributed by atoms with Gasteiger partial charge >= 0.3 is 0 Å². The molecule has 1 aromatic carbocycles. The molecule has 0 fully saturated rings. The molecule has 0 aromatic heterocycles. The third-order valence-electron chi connectivity index (χ3n) is 1.68. The van der Waals surface area contributed by atoms with E-state index in [1.807, 2.05) is 30.3 Å². The van der Waals surface area contributed by atoms with E-state index in [4.69, 9.17) is 14.9 Å². The van der Waals surface area contributed by atoms with Crippen molar-refractivity contribution in [2.24, 2.45) is 0 Å². The summed E-state index contributed by atoms with van der Waals surface area (Å²) in [4.78, 5) is 0. The minimum atomic E-state index is -1.11. The fourth-order valence-corrected chi connectivity index (χ4v) is 0.895. The molecule has 13 heavy (non-hydrogen) atoms. The normalized spacial score (nSPS) is 15.3. The summed E-state index contributed by atoms with van der Waals surface area (Å²) in [6.07, 6.45) is -1.97. The van der Waals surface area contributed by atoms with Gasteiger partial charge < -0.3 is 14.9 Å². The fourth-order valence-electron chi connectivity index (χ4n) is 0.895. The highest BCUT2D eigenvalue weighted by atomic mass is 16.6. The van der Waals surface area contributed by atoms with Crippen LogP contribution in [0.4, 0.5) is 0 Å². The van der Waals surface area contributed by atoms with E-state index in [2.05, 4.69) is 0 Å². The topological polar surface area (TPSA) is 49.7 Å². The molecule has 2 N–H and O–H groups in total. The van der Waals surface area contributed by atoms with Crippen LogP contribution in [0.2, 0.25) is 0 Å². The Morgan fingerprint density at radius 2 is 1.85 bits per heavy atom. The predicted molar refractivity (Wildman–Crippen MR) is 48.9 cm³/mol. The lowest BCUT2D eigenvalue weighted by atomic mass is 10.2. The van der Waals surface area contributed by atoms with Crippen molar-refractivity contribution in [1.29, 1.82) is 0 Å². The van der Waals surface area contributed by atoms with Crippen LogP contribution in [0, 0.1) is 0 Å². The molecule has 0 spiro atoms. The summed E-state index contributed by atoms with van der Waals surface area (Å²) in [7, 11) is 0. The molecule has 1 rings (SSSR count). The smallest absolute Gasteiger partial charge is 0.180 e. The van der Waals surface area contributed by atoms with Gasteiger partial charge in [-0.3, -0.25) is 0 Å². The lowest BCUT2D eigenvalue weighted by Crippen LogP contribution is -2.25. The number of aliphatic hydroxyl groups excluding tert-OH is 2. The van der Waals surface area contributed by atoms with Crippen LogP contribution in [0.1, 0.15) is 12.5 Å². The van der Waals surface area contributed by atoms with Gasteiger partial charge in [-0.25, -0.2) is 0 Å². The number of benzene rings is 1. The number of rotatable bonds is 4. The van der Waals surface area contributed by atoms with Crippen molar-refractivity contribution in [3.8, 4) is 0 Å². The van der Waals surface area contributed by atoms with Crippen LogP contribution in [0.15, 0.2) is 30.3 Å². The first kappa shape index (κ1) is 10.2. The molecule has 0 radical (unpaired) electrons. The van der Waals surface area contributed by atoms with Crippen molar-refractivity contribution in [3.05, 3.63) is 35.9 Å². The maximum atomic E-state index is 9.12. The summed E-state index contributed by atoms with van der Waals surface area (Å²) in [6.45, 7) is 1.79. The Hall–Kier alpha value is -0.900. The molecule has 0 bridgehead atoms. The number of hydrogen-bond donors (Lipinski definition) is 2. The molecule has 72 valence electrons. The standard InChI is InChI=1S/C10H14O3/c1-8(11)10(12)13-7-9-5-3-2-4-6-9/h2-6,8,10-12H,7H2,1H3/t8-,10-/m1/s1. The molecule has 0 heterocycles. The number of ether oxygens (including phenoxy) is 1. The monoisotopic (exact) mass is 182 g/mol. The highest BCUT2D eigenvalue weighted by Gasteiger charge is 2.10. The second kappa shape index (κ2) is 4.97. The van der Waals surface area contributed by atoms with Crippen molar-refractivity contribution >= 4 is 0 Å². The molecule has 0 saturated carbocycles. The van der Waals surface area contributed by atoms with E-state index in [-0.39, 0.29) is 0 Å². The zero-order valence-corrected chi connectivity index (χ0v) is 7.55. The maximum Gasteiger partial charge on any atom is 0.180 e. The largest absolute Gasteiger partial charge is 0.388 e. The Morgan fingerprint density at radius 3 is 2.38 bits per heavy atom. The van der Waals surface area contributed by atoms with Crippen LogP contribution in [-0.2, 0) is 11.3 Å². The first-order valence-corrected chi connectivity index (χ1v) is 4.22.